The second-order valence-corrected chi connectivity index (χ2v) is 5.16. The van der Waals surface area contributed by atoms with Gasteiger partial charge < -0.3 is 19.9 Å². The van der Waals surface area contributed by atoms with E-state index in [1.54, 1.807) is 26.0 Å². The van der Waals surface area contributed by atoms with E-state index in [0.29, 0.717) is 34.0 Å². The van der Waals surface area contributed by atoms with Gasteiger partial charge in [0.15, 0.2) is 17.5 Å². The van der Waals surface area contributed by atoms with E-state index in [9.17, 15) is 14.7 Å². The van der Waals surface area contributed by atoms with Gasteiger partial charge in [-0.1, -0.05) is 0 Å². The number of carboxylic acids is 1. The van der Waals surface area contributed by atoms with Crippen LogP contribution in [-0.4, -0.2) is 34.0 Å². The molecule has 0 fully saturated rings. The molecule has 23 heavy (non-hydrogen) atoms. The fourth-order valence-electron chi connectivity index (χ4n) is 2.49. The summed E-state index contributed by atoms with van der Waals surface area (Å²) < 4.78 is 10.4. The van der Waals surface area contributed by atoms with E-state index >= 15 is 0 Å². The van der Waals surface area contributed by atoms with Crippen LogP contribution < -0.4 is 14.8 Å². The molecule has 0 saturated heterocycles. The van der Waals surface area contributed by atoms with Crippen molar-refractivity contribution in [3.8, 4) is 11.5 Å². The van der Waals surface area contributed by atoms with Crippen molar-refractivity contribution in [2.24, 2.45) is 0 Å². The number of aromatic amines is 1. The van der Waals surface area contributed by atoms with Crippen LogP contribution in [0.15, 0.2) is 18.2 Å². The van der Waals surface area contributed by atoms with Crippen LogP contribution in [0.1, 0.15) is 33.4 Å². The number of carbonyl (C=O) groups is 2. The van der Waals surface area contributed by atoms with E-state index in [0.717, 1.165) is 0 Å². The van der Waals surface area contributed by atoms with E-state index in [1.165, 1.54) is 6.07 Å². The molecule has 0 spiro atoms. The average Bonchev–Trinajstić information content (AvgIpc) is 3.11. The zero-order valence-electron chi connectivity index (χ0n) is 12.5. The molecule has 3 N–H and O–H groups in total. The predicted octanol–water partition coefficient (Wildman–Crippen LogP) is 1.31. The maximum absolute atomic E-state index is 12.4. The van der Waals surface area contributed by atoms with Crippen molar-refractivity contribution in [2.45, 2.75) is 19.9 Å². The van der Waals surface area contributed by atoms with Crippen LogP contribution in [0, 0.1) is 13.8 Å². The van der Waals surface area contributed by atoms with Crippen LogP contribution in [-0.2, 0) is 4.79 Å². The summed E-state index contributed by atoms with van der Waals surface area (Å²) in [6.07, 6.45) is 0. The molecular formula is C15H15N3O5. The number of H-pyrrole nitrogens is 1. The summed E-state index contributed by atoms with van der Waals surface area (Å²) in [5.41, 5.74) is 1.87. The summed E-state index contributed by atoms with van der Waals surface area (Å²) in [4.78, 5) is 23.9. The number of benzene rings is 1. The standard InChI is InChI=1S/C15H15N3O5/c1-7-12(8(2)18-17-7)13(15(20)21)16-14(19)9-3-4-10-11(5-9)23-6-22-10/h3-5,13H,6H2,1-2H3,(H,16,19)(H,17,18)(H,20,21). The minimum absolute atomic E-state index is 0.103. The highest BCUT2D eigenvalue weighted by Gasteiger charge is 2.28. The molecule has 8 nitrogen and oxygen atoms in total. The van der Waals surface area contributed by atoms with Gasteiger partial charge in [-0.15, -0.1) is 0 Å². The first kappa shape index (κ1) is 14.9. The normalized spacial score (nSPS) is 13.7. The Bertz CT molecular complexity index is 764. The number of nitrogens with zero attached hydrogens (tertiary/aromatic N) is 1. The molecule has 0 aliphatic carbocycles. The van der Waals surface area contributed by atoms with Crippen molar-refractivity contribution in [1.82, 2.24) is 15.5 Å². The van der Waals surface area contributed by atoms with Crippen molar-refractivity contribution in [3.63, 3.8) is 0 Å². The van der Waals surface area contributed by atoms with Crippen LogP contribution in [0.4, 0.5) is 0 Å². The number of ether oxygens (including phenoxy) is 2. The lowest BCUT2D eigenvalue weighted by Crippen LogP contribution is -2.34. The SMILES string of the molecule is Cc1n[nH]c(C)c1C(NC(=O)c1ccc2c(c1)OCO2)C(=O)O. The lowest BCUT2D eigenvalue weighted by atomic mass is 10.0. The van der Waals surface area contributed by atoms with Crippen LogP contribution >= 0.6 is 0 Å². The smallest absolute Gasteiger partial charge is 0.331 e. The minimum atomic E-state index is -1.19. The van der Waals surface area contributed by atoms with Gasteiger partial charge in [0.25, 0.3) is 5.91 Å². The Morgan fingerprint density at radius 2 is 2.04 bits per heavy atom. The van der Waals surface area contributed by atoms with Crippen LogP contribution in [0.25, 0.3) is 0 Å². The number of amides is 1. The number of aliphatic carboxylic acids is 1. The van der Waals surface area contributed by atoms with Crippen molar-refractivity contribution < 1.29 is 24.2 Å². The molecule has 1 aromatic carbocycles. The van der Waals surface area contributed by atoms with Gasteiger partial charge in [0.2, 0.25) is 6.79 Å². The summed E-state index contributed by atoms with van der Waals surface area (Å²) in [6, 6.07) is 3.50. The van der Waals surface area contributed by atoms with Gasteiger partial charge in [-0.05, 0) is 32.0 Å². The van der Waals surface area contributed by atoms with E-state index in [-0.39, 0.29) is 6.79 Å². The molecular weight excluding hydrogens is 302 g/mol. The Morgan fingerprint density at radius 3 is 2.70 bits per heavy atom. The lowest BCUT2D eigenvalue weighted by Gasteiger charge is -2.15. The van der Waals surface area contributed by atoms with Crippen LogP contribution in [0.5, 0.6) is 11.5 Å². The molecule has 120 valence electrons. The molecule has 1 aromatic heterocycles. The summed E-state index contributed by atoms with van der Waals surface area (Å²) in [7, 11) is 0. The Balaban J connectivity index is 1.86. The molecule has 0 saturated carbocycles. The molecule has 1 aliphatic heterocycles. The fourth-order valence-corrected chi connectivity index (χ4v) is 2.49. The van der Waals surface area contributed by atoms with E-state index in [4.69, 9.17) is 9.47 Å². The highest BCUT2D eigenvalue weighted by atomic mass is 16.7. The number of hydrogen-bond donors (Lipinski definition) is 3. The highest BCUT2D eigenvalue weighted by Crippen LogP contribution is 2.32. The molecule has 1 amide bonds. The van der Waals surface area contributed by atoms with Crippen LogP contribution in [0.2, 0.25) is 0 Å². The first-order valence-electron chi connectivity index (χ1n) is 6.92. The van der Waals surface area contributed by atoms with Crippen molar-refractivity contribution >= 4 is 11.9 Å². The number of carbonyl (C=O) groups excluding carboxylic acids is 1. The van der Waals surface area contributed by atoms with Gasteiger partial charge in [-0.25, -0.2) is 4.79 Å². The highest BCUT2D eigenvalue weighted by molar-refractivity contribution is 5.97. The van der Waals surface area contributed by atoms with Gasteiger partial charge >= 0.3 is 5.97 Å². The maximum atomic E-state index is 12.4. The Kier molecular flexibility index (Phi) is 3.65. The van der Waals surface area contributed by atoms with Crippen molar-refractivity contribution in [1.29, 1.82) is 0 Å². The van der Waals surface area contributed by atoms with Gasteiger partial charge in [0.05, 0.1) is 5.69 Å². The van der Waals surface area contributed by atoms with Gasteiger partial charge in [0, 0.05) is 16.8 Å². The third-order valence-electron chi connectivity index (χ3n) is 3.63. The average molecular weight is 317 g/mol. The Hall–Kier alpha value is -3.03. The number of hydrogen-bond acceptors (Lipinski definition) is 5. The Morgan fingerprint density at radius 1 is 1.30 bits per heavy atom. The summed E-state index contributed by atoms with van der Waals surface area (Å²) >= 11 is 0. The summed E-state index contributed by atoms with van der Waals surface area (Å²) in [5.74, 6) is -0.666. The summed E-state index contributed by atoms with van der Waals surface area (Å²) in [5, 5.41) is 18.6. The summed E-state index contributed by atoms with van der Waals surface area (Å²) in [6.45, 7) is 3.49. The molecule has 1 atom stereocenters. The first-order chi connectivity index (χ1) is 11.0. The second-order valence-electron chi connectivity index (χ2n) is 5.16. The minimum Gasteiger partial charge on any atom is -0.479 e. The molecule has 1 aliphatic rings. The van der Waals surface area contributed by atoms with E-state index in [1.807, 2.05) is 0 Å². The van der Waals surface area contributed by atoms with Crippen molar-refractivity contribution in [2.75, 3.05) is 6.79 Å². The van der Waals surface area contributed by atoms with Gasteiger partial charge in [-0.3, -0.25) is 9.89 Å². The predicted molar refractivity (Wildman–Crippen MR) is 78.5 cm³/mol. The van der Waals surface area contributed by atoms with Crippen molar-refractivity contribution in [3.05, 3.63) is 40.7 Å². The van der Waals surface area contributed by atoms with Gasteiger partial charge in [0.1, 0.15) is 0 Å². The molecule has 0 radical (unpaired) electrons. The zero-order valence-corrected chi connectivity index (χ0v) is 12.5. The quantitative estimate of drug-likeness (QED) is 0.783. The Labute approximate surface area is 131 Å². The van der Waals surface area contributed by atoms with Gasteiger partial charge in [-0.2, -0.15) is 5.10 Å². The number of rotatable bonds is 4. The molecule has 2 heterocycles. The maximum Gasteiger partial charge on any atom is 0.331 e. The van der Waals surface area contributed by atoms with E-state index in [2.05, 4.69) is 15.5 Å². The number of fused-ring (bicyclic) bond motifs is 1. The number of aryl methyl sites for hydroxylation is 2. The molecule has 8 heteroatoms. The fraction of sp³-hybridized carbons (Fsp3) is 0.267. The number of nitrogens with one attached hydrogen (secondary N) is 2. The molecule has 2 aromatic rings. The number of carboxylic acid groups (broad SMARTS) is 1. The monoisotopic (exact) mass is 317 g/mol. The van der Waals surface area contributed by atoms with E-state index < -0.39 is 17.9 Å². The topological polar surface area (TPSA) is 114 Å². The zero-order chi connectivity index (χ0) is 16.6. The molecule has 3 rings (SSSR count). The molecule has 1 unspecified atom stereocenters. The third kappa shape index (κ3) is 2.70. The number of aromatic nitrogens is 2. The van der Waals surface area contributed by atoms with Crippen LogP contribution in [0.3, 0.4) is 0 Å². The third-order valence-corrected chi connectivity index (χ3v) is 3.63. The first-order valence-corrected chi connectivity index (χ1v) is 6.92. The largest absolute Gasteiger partial charge is 0.479 e. The second kappa shape index (κ2) is 5.64. The molecule has 0 bridgehead atoms. The lowest BCUT2D eigenvalue weighted by molar-refractivity contribution is -0.139.